The van der Waals surface area contributed by atoms with Crippen LogP contribution in [0.25, 0.3) is 0 Å². The molecule has 90 valence electrons. The number of halogens is 1. The van der Waals surface area contributed by atoms with Crippen molar-refractivity contribution in [2.75, 3.05) is 6.54 Å². The van der Waals surface area contributed by atoms with Crippen molar-refractivity contribution in [1.29, 1.82) is 0 Å². The van der Waals surface area contributed by atoms with E-state index in [4.69, 9.17) is 0 Å². The lowest BCUT2D eigenvalue weighted by Gasteiger charge is -2.16. The summed E-state index contributed by atoms with van der Waals surface area (Å²) in [6.45, 7) is 3.12. The summed E-state index contributed by atoms with van der Waals surface area (Å²) in [5, 5.41) is 3.52. The molecule has 2 rings (SSSR count). The molecule has 0 saturated heterocycles. The highest BCUT2D eigenvalue weighted by Crippen LogP contribution is 2.22. The van der Waals surface area contributed by atoms with Gasteiger partial charge in [-0.1, -0.05) is 19.1 Å². The first-order chi connectivity index (χ1) is 8.29. The van der Waals surface area contributed by atoms with Crippen molar-refractivity contribution in [2.24, 2.45) is 0 Å². The molecule has 1 heterocycles. The third-order valence-corrected chi connectivity index (χ3v) is 4.21. The topological polar surface area (TPSA) is 24.9 Å². The van der Waals surface area contributed by atoms with E-state index in [1.807, 2.05) is 11.7 Å². The van der Waals surface area contributed by atoms with Gasteiger partial charge in [0.25, 0.3) is 0 Å². The fourth-order valence-corrected chi connectivity index (χ4v) is 2.83. The zero-order chi connectivity index (χ0) is 12.1. The van der Waals surface area contributed by atoms with Gasteiger partial charge in [-0.15, -0.1) is 11.3 Å². The van der Waals surface area contributed by atoms with E-state index >= 15 is 0 Å². The van der Waals surface area contributed by atoms with Crippen molar-refractivity contribution in [1.82, 2.24) is 10.3 Å². The summed E-state index contributed by atoms with van der Waals surface area (Å²) < 4.78 is 1.28. The molecular formula is C13H15IN2S. The molecule has 0 aliphatic heterocycles. The lowest BCUT2D eigenvalue weighted by atomic mass is 10.1. The largest absolute Gasteiger partial charge is 0.309 e. The van der Waals surface area contributed by atoms with Crippen LogP contribution in [-0.2, 0) is 6.42 Å². The first-order valence-corrected chi connectivity index (χ1v) is 7.61. The molecule has 1 atom stereocenters. The highest BCUT2D eigenvalue weighted by atomic mass is 127. The van der Waals surface area contributed by atoms with Crippen LogP contribution >= 0.6 is 33.9 Å². The summed E-state index contributed by atoms with van der Waals surface area (Å²) >= 11 is 4.05. The second kappa shape index (κ2) is 6.47. The number of aromatic nitrogens is 1. The Morgan fingerprint density at radius 1 is 1.35 bits per heavy atom. The van der Waals surface area contributed by atoms with Gasteiger partial charge in [0.15, 0.2) is 0 Å². The number of thiazole rings is 1. The quantitative estimate of drug-likeness (QED) is 0.826. The van der Waals surface area contributed by atoms with E-state index in [-0.39, 0.29) is 0 Å². The van der Waals surface area contributed by atoms with Crippen LogP contribution in [0.3, 0.4) is 0 Å². The van der Waals surface area contributed by atoms with Gasteiger partial charge in [-0.25, -0.2) is 0 Å². The Hall–Kier alpha value is -0.460. The Balaban J connectivity index is 2.10. The summed E-state index contributed by atoms with van der Waals surface area (Å²) in [6.07, 6.45) is 2.98. The smallest absolute Gasteiger partial charge is 0.0794 e. The standard InChI is InChI=1S/C13H15IN2S/c1-2-16-12(13-8-15-9-17-13)7-10-3-5-11(14)6-4-10/h3-6,8-9,12,16H,2,7H2,1H3. The summed E-state index contributed by atoms with van der Waals surface area (Å²) in [5.74, 6) is 0. The molecular weight excluding hydrogens is 343 g/mol. The maximum atomic E-state index is 4.16. The Morgan fingerprint density at radius 2 is 2.12 bits per heavy atom. The Kier molecular flexibility index (Phi) is 4.94. The van der Waals surface area contributed by atoms with Crippen LogP contribution in [0, 0.1) is 3.57 Å². The average Bonchev–Trinajstić information content (AvgIpc) is 2.85. The number of likely N-dealkylation sites (N-methyl/N-ethyl adjacent to an activating group) is 1. The van der Waals surface area contributed by atoms with Gasteiger partial charge in [0.1, 0.15) is 0 Å². The van der Waals surface area contributed by atoms with Crippen molar-refractivity contribution in [3.63, 3.8) is 0 Å². The number of benzene rings is 1. The average molecular weight is 358 g/mol. The van der Waals surface area contributed by atoms with Gasteiger partial charge in [-0.3, -0.25) is 4.98 Å². The minimum Gasteiger partial charge on any atom is -0.309 e. The molecule has 2 nitrogen and oxygen atoms in total. The summed E-state index contributed by atoms with van der Waals surface area (Å²) in [4.78, 5) is 5.47. The van der Waals surface area contributed by atoms with Crippen molar-refractivity contribution in [3.05, 3.63) is 50.0 Å². The van der Waals surface area contributed by atoms with E-state index in [1.54, 1.807) is 11.3 Å². The second-order valence-electron chi connectivity index (χ2n) is 3.84. The zero-order valence-electron chi connectivity index (χ0n) is 9.69. The minimum atomic E-state index is 0.382. The number of nitrogens with zero attached hydrogens (tertiary/aromatic N) is 1. The van der Waals surface area contributed by atoms with Crippen LogP contribution in [0.2, 0.25) is 0 Å². The van der Waals surface area contributed by atoms with Crippen molar-refractivity contribution in [3.8, 4) is 0 Å². The fourth-order valence-electron chi connectivity index (χ4n) is 1.77. The van der Waals surface area contributed by atoms with Crippen LogP contribution < -0.4 is 5.32 Å². The first kappa shape index (κ1) is 13.0. The van der Waals surface area contributed by atoms with Crippen LogP contribution in [0.1, 0.15) is 23.4 Å². The monoisotopic (exact) mass is 358 g/mol. The molecule has 1 aromatic heterocycles. The van der Waals surface area contributed by atoms with E-state index in [1.165, 1.54) is 14.0 Å². The Morgan fingerprint density at radius 3 is 2.71 bits per heavy atom. The SMILES string of the molecule is CCNC(Cc1ccc(I)cc1)c1cncs1. The van der Waals surface area contributed by atoms with Crippen LogP contribution in [0.5, 0.6) is 0 Å². The van der Waals surface area contributed by atoms with Gasteiger partial charge < -0.3 is 5.32 Å². The maximum Gasteiger partial charge on any atom is 0.0794 e. The number of hydrogen-bond acceptors (Lipinski definition) is 3. The molecule has 0 saturated carbocycles. The van der Waals surface area contributed by atoms with Crippen LogP contribution in [0.4, 0.5) is 0 Å². The highest BCUT2D eigenvalue weighted by molar-refractivity contribution is 14.1. The zero-order valence-corrected chi connectivity index (χ0v) is 12.7. The van der Waals surface area contributed by atoms with Gasteiger partial charge in [-0.05, 0) is 53.3 Å². The molecule has 0 spiro atoms. The Labute approximate surface area is 120 Å². The molecule has 0 bridgehead atoms. The Bertz CT molecular complexity index is 439. The maximum absolute atomic E-state index is 4.16. The van der Waals surface area contributed by atoms with Crippen molar-refractivity contribution < 1.29 is 0 Å². The number of rotatable bonds is 5. The third kappa shape index (κ3) is 3.76. The van der Waals surface area contributed by atoms with Gasteiger partial charge in [0.05, 0.1) is 5.51 Å². The molecule has 4 heteroatoms. The van der Waals surface area contributed by atoms with Crippen LogP contribution in [0.15, 0.2) is 36.0 Å². The summed E-state index contributed by atoms with van der Waals surface area (Å²) in [7, 11) is 0. The number of nitrogens with one attached hydrogen (secondary N) is 1. The normalized spacial score (nSPS) is 12.6. The summed E-state index contributed by atoms with van der Waals surface area (Å²) in [6, 6.07) is 9.10. The highest BCUT2D eigenvalue weighted by Gasteiger charge is 2.12. The number of hydrogen-bond donors (Lipinski definition) is 1. The first-order valence-electron chi connectivity index (χ1n) is 5.66. The second-order valence-corrected chi connectivity index (χ2v) is 6.01. The fraction of sp³-hybridized carbons (Fsp3) is 0.308. The third-order valence-electron chi connectivity index (χ3n) is 2.60. The molecule has 1 aromatic carbocycles. The van der Waals surface area contributed by atoms with E-state index < -0.39 is 0 Å². The van der Waals surface area contributed by atoms with E-state index in [9.17, 15) is 0 Å². The molecule has 0 aliphatic rings. The van der Waals surface area contributed by atoms with Gasteiger partial charge in [-0.2, -0.15) is 0 Å². The van der Waals surface area contributed by atoms with E-state index in [0.29, 0.717) is 6.04 Å². The molecule has 2 aromatic rings. The van der Waals surface area contributed by atoms with Crippen molar-refractivity contribution in [2.45, 2.75) is 19.4 Å². The van der Waals surface area contributed by atoms with E-state index in [0.717, 1.165) is 13.0 Å². The lowest BCUT2D eigenvalue weighted by Crippen LogP contribution is -2.22. The molecule has 0 radical (unpaired) electrons. The lowest BCUT2D eigenvalue weighted by molar-refractivity contribution is 0.557. The predicted octanol–water partition coefficient (Wildman–Crippen LogP) is 3.64. The molecule has 1 N–H and O–H groups in total. The molecule has 1 unspecified atom stereocenters. The van der Waals surface area contributed by atoms with Gasteiger partial charge in [0, 0.05) is 20.7 Å². The van der Waals surface area contributed by atoms with Gasteiger partial charge >= 0.3 is 0 Å². The molecule has 0 fully saturated rings. The van der Waals surface area contributed by atoms with Gasteiger partial charge in [0.2, 0.25) is 0 Å². The summed E-state index contributed by atoms with van der Waals surface area (Å²) in [5.41, 5.74) is 3.26. The van der Waals surface area contributed by atoms with Crippen molar-refractivity contribution >= 4 is 33.9 Å². The minimum absolute atomic E-state index is 0.382. The molecule has 0 amide bonds. The molecule has 17 heavy (non-hydrogen) atoms. The predicted molar refractivity (Wildman–Crippen MR) is 81.4 cm³/mol. The molecule has 0 aliphatic carbocycles. The van der Waals surface area contributed by atoms with E-state index in [2.05, 4.69) is 64.1 Å². The van der Waals surface area contributed by atoms with Crippen LogP contribution in [-0.4, -0.2) is 11.5 Å².